The summed E-state index contributed by atoms with van der Waals surface area (Å²) in [6.45, 7) is 11.7. The number of fused-ring (bicyclic) bond motifs is 2. The fourth-order valence-corrected chi connectivity index (χ4v) is 7.44. The quantitative estimate of drug-likeness (QED) is 0.290. The van der Waals surface area contributed by atoms with Crippen LogP contribution in [0.15, 0.2) is 49.1 Å². The molecule has 3 aromatic rings. The lowest BCUT2D eigenvalue weighted by molar-refractivity contribution is -0.126. The maximum Gasteiger partial charge on any atom is 0.246 e. The van der Waals surface area contributed by atoms with Gasteiger partial charge in [0.1, 0.15) is 17.4 Å². The standard InChI is InChI=1S/C33H42N6O2S/c1-2-32(41)37-14-16-38(17-15-37)33-28-11-13-39(30-23-26(40)22-25-8-5-6-9-27(25)30)24-29(28)34-31(35-33)10-4-3-7-12-36-18-20-42-21-19-36/h2,5-6,8-9,22-23,40H,1,3-4,7,10-21,24H2. The first-order chi connectivity index (χ1) is 20.6. The monoisotopic (exact) mass is 586 g/mol. The molecule has 0 saturated carbocycles. The van der Waals surface area contributed by atoms with Crippen LogP contribution in [0.4, 0.5) is 11.5 Å². The summed E-state index contributed by atoms with van der Waals surface area (Å²) in [5.74, 6) is 4.78. The third-order valence-electron chi connectivity index (χ3n) is 8.80. The molecule has 3 aliphatic heterocycles. The van der Waals surface area contributed by atoms with E-state index in [1.165, 1.54) is 55.6 Å². The number of nitrogens with zero attached hydrogens (tertiary/aromatic N) is 6. The van der Waals surface area contributed by atoms with E-state index >= 15 is 0 Å². The number of thioether (sulfide) groups is 1. The number of benzene rings is 2. The van der Waals surface area contributed by atoms with E-state index in [2.05, 4.69) is 51.2 Å². The Morgan fingerprint density at radius 2 is 1.76 bits per heavy atom. The Morgan fingerprint density at radius 1 is 0.952 bits per heavy atom. The maximum absolute atomic E-state index is 12.2. The maximum atomic E-state index is 12.2. The largest absolute Gasteiger partial charge is 0.508 e. The lowest BCUT2D eigenvalue weighted by Crippen LogP contribution is -2.49. The zero-order valence-corrected chi connectivity index (χ0v) is 25.3. The fraction of sp³-hybridized carbons (Fsp3) is 0.485. The Morgan fingerprint density at radius 3 is 2.57 bits per heavy atom. The molecule has 0 unspecified atom stereocenters. The van der Waals surface area contributed by atoms with Crippen LogP contribution in [0, 0.1) is 0 Å². The van der Waals surface area contributed by atoms with E-state index < -0.39 is 0 Å². The lowest BCUT2D eigenvalue weighted by atomic mass is 10.0. The van der Waals surface area contributed by atoms with E-state index in [1.54, 1.807) is 0 Å². The van der Waals surface area contributed by atoms with Gasteiger partial charge in [0, 0.05) is 86.4 Å². The summed E-state index contributed by atoms with van der Waals surface area (Å²) in [7, 11) is 0. The molecule has 0 atom stereocenters. The lowest BCUT2D eigenvalue weighted by Gasteiger charge is -2.38. The number of rotatable bonds is 9. The van der Waals surface area contributed by atoms with Crippen molar-refractivity contribution in [2.75, 3.05) is 73.7 Å². The molecular weight excluding hydrogens is 544 g/mol. The molecule has 222 valence electrons. The number of aromatic hydroxyl groups is 1. The number of piperazine rings is 1. The molecule has 8 nitrogen and oxygen atoms in total. The van der Waals surface area contributed by atoms with Gasteiger partial charge in [-0.2, -0.15) is 11.8 Å². The number of anilines is 2. The minimum absolute atomic E-state index is 0.00246. The highest BCUT2D eigenvalue weighted by Crippen LogP contribution is 2.36. The van der Waals surface area contributed by atoms with Gasteiger partial charge in [-0.25, -0.2) is 9.97 Å². The summed E-state index contributed by atoms with van der Waals surface area (Å²) in [6, 6.07) is 12.0. The second kappa shape index (κ2) is 13.3. The molecule has 2 fully saturated rings. The minimum Gasteiger partial charge on any atom is -0.508 e. The first-order valence-corrected chi connectivity index (χ1v) is 16.6. The highest BCUT2D eigenvalue weighted by atomic mass is 32.2. The molecule has 0 bridgehead atoms. The van der Waals surface area contributed by atoms with Gasteiger partial charge in [0.25, 0.3) is 0 Å². The van der Waals surface area contributed by atoms with Crippen LogP contribution in [0.1, 0.15) is 36.3 Å². The number of aryl methyl sites for hydroxylation is 1. The van der Waals surface area contributed by atoms with Crippen molar-refractivity contribution in [1.82, 2.24) is 19.8 Å². The van der Waals surface area contributed by atoms with Crippen LogP contribution < -0.4 is 9.80 Å². The Labute approximate surface area is 253 Å². The highest BCUT2D eigenvalue weighted by Gasteiger charge is 2.28. The molecule has 1 amide bonds. The topological polar surface area (TPSA) is 76.0 Å². The summed E-state index contributed by atoms with van der Waals surface area (Å²) in [5.41, 5.74) is 3.36. The van der Waals surface area contributed by atoms with Crippen molar-refractivity contribution in [3.05, 3.63) is 66.1 Å². The number of unbranched alkanes of at least 4 members (excludes halogenated alkanes) is 2. The Bertz CT molecular complexity index is 1420. The molecule has 2 saturated heterocycles. The Balaban J connectivity index is 1.21. The van der Waals surface area contributed by atoms with Crippen LogP contribution in [-0.4, -0.2) is 94.6 Å². The van der Waals surface area contributed by atoms with Crippen LogP contribution in [-0.2, 0) is 24.2 Å². The fourth-order valence-electron chi connectivity index (χ4n) is 6.46. The first kappa shape index (κ1) is 28.8. The van der Waals surface area contributed by atoms with Crippen molar-refractivity contribution in [3.8, 4) is 5.75 Å². The van der Waals surface area contributed by atoms with Gasteiger partial charge in [0.05, 0.1) is 12.2 Å². The summed E-state index contributed by atoms with van der Waals surface area (Å²) in [5, 5.41) is 12.7. The van der Waals surface area contributed by atoms with Crippen molar-refractivity contribution < 1.29 is 9.90 Å². The smallest absolute Gasteiger partial charge is 0.246 e. The van der Waals surface area contributed by atoms with Crippen molar-refractivity contribution >= 4 is 39.9 Å². The summed E-state index contributed by atoms with van der Waals surface area (Å²) in [4.78, 5) is 31.7. The number of amides is 1. The molecule has 3 aliphatic rings. The molecule has 4 heterocycles. The van der Waals surface area contributed by atoms with Gasteiger partial charge < -0.3 is 24.7 Å². The molecule has 1 aromatic heterocycles. The normalized spacial score (nSPS) is 17.9. The van der Waals surface area contributed by atoms with E-state index in [0.717, 1.165) is 72.7 Å². The number of carbonyl (C=O) groups is 1. The predicted molar refractivity (Wildman–Crippen MR) is 173 cm³/mol. The number of hydrogen-bond donors (Lipinski definition) is 1. The Hall–Kier alpha value is -3.30. The van der Waals surface area contributed by atoms with Crippen LogP contribution in [0.5, 0.6) is 5.75 Å². The van der Waals surface area contributed by atoms with Crippen LogP contribution in [0.3, 0.4) is 0 Å². The van der Waals surface area contributed by atoms with Gasteiger partial charge >= 0.3 is 0 Å². The van der Waals surface area contributed by atoms with Crippen molar-refractivity contribution in [3.63, 3.8) is 0 Å². The number of carbonyl (C=O) groups excluding carboxylic acids is 1. The van der Waals surface area contributed by atoms with Crippen molar-refractivity contribution in [2.45, 2.75) is 38.6 Å². The van der Waals surface area contributed by atoms with Crippen molar-refractivity contribution in [1.29, 1.82) is 0 Å². The van der Waals surface area contributed by atoms with Gasteiger partial charge in [-0.05, 0) is 43.3 Å². The molecule has 1 N–H and O–H groups in total. The molecule has 0 radical (unpaired) electrons. The molecule has 0 aliphatic carbocycles. The van der Waals surface area contributed by atoms with E-state index in [-0.39, 0.29) is 11.7 Å². The molecule has 9 heteroatoms. The van der Waals surface area contributed by atoms with Crippen LogP contribution in [0.25, 0.3) is 10.8 Å². The Kier molecular flexibility index (Phi) is 9.15. The third kappa shape index (κ3) is 6.52. The molecule has 42 heavy (non-hydrogen) atoms. The third-order valence-corrected chi connectivity index (χ3v) is 9.74. The zero-order chi connectivity index (χ0) is 28.9. The van der Waals surface area contributed by atoms with Gasteiger partial charge in [0.2, 0.25) is 5.91 Å². The number of phenols is 1. The van der Waals surface area contributed by atoms with Crippen molar-refractivity contribution in [2.24, 2.45) is 0 Å². The van der Waals surface area contributed by atoms with E-state index in [9.17, 15) is 9.90 Å². The highest BCUT2D eigenvalue weighted by molar-refractivity contribution is 7.99. The molecular formula is C33H42N6O2S. The molecule has 6 rings (SSSR count). The summed E-state index contributed by atoms with van der Waals surface area (Å²) >= 11 is 2.06. The zero-order valence-electron chi connectivity index (χ0n) is 24.5. The molecule has 0 spiro atoms. The van der Waals surface area contributed by atoms with Crippen LogP contribution >= 0.6 is 11.8 Å². The van der Waals surface area contributed by atoms with Gasteiger partial charge in [-0.1, -0.05) is 37.3 Å². The van der Waals surface area contributed by atoms with Gasteiger partial charge in [-0.15, -0.1) is 0 Å². The summed E-state index contributed by atoms with van der Waals surface area (Å²) in [6.07, 6.45) is 6.62. The number of hydrogen-bond acceptors (Lipinski definition) is 8. The predicted octanol–water partition coefficient (Wildman–Crippen LogP) is 4.49. The van der Waals surface area contributed by atoms with E-state index in [1.807, 2.05) is 23.1 Å². The number of aromatic nitrogens is 2. The van der Waals surface area contributed by atoms with E-state index in [0.29, 0.717) is 19.6 Å². The first-order valence-electron chi connectivity index (χ1n) is 15.4. The van der Waals surface area contributed by atoms with Gasteiger partial charge in [-0.3, -0.25) is 4.79 Å². The van der Waals surface area contributed by atoms with E-state index in [4.69, 9.17) is 9.97 Å². The second-order valence-electron chi connectivity index (χ2n) is 11.5. The minimum atomic E-state index is -0.00246. The van der Waals surface area contributed by atoms with Gasteiger partial charge in [0.15, 0.2) is 0 Å². The summed E-state index contributed by atoms with van der Waals surface area (Å²) < 4.78 is 0. The average Bonchev–Trinajstić information content (AvgIpc) is 3.03. The second-order valence-corrected chi connectivity index (χ2v) is 12.8. The average molecular weight is 587 g/mol. The van der Waals surface area contributed by atoms with Crippen LogP contribution in [0.2, 0.25) is 0 Å². The molecule has 2 aromatic carbocycles. The number of phenolic OH excluding ortho intramolecular Hbond substituents is 1. The SMILES string of the molecule is C=CC(=O)N1CCN(c2nc(CCCCCN3CCSCC3)nc3c2CCN(c2cc(O)cc4ccccc24)C3)CC1.